The van der Waals surface area contributed by atoms with Gasteiger partial charge in [-0.2, -0.15) is 0 Å². The van der Waals surface area contributed by atoms with Crippen LogP contribution in [0.5, 0.6) is 0 Å². The number of amides is 1. The molecule has 1 aliphatic rings. The fraction of sp³-hybridized carbons (Fsp3) is 0.385. The van der Waals surface area contributed by atoms with Crippen LogP contribution in [-0.2, 0) is 4.79 Å². The first kappa shape index (κ1) is 17.1. The highest BCUT2D eigenvalue weighted by Gasteiger charge is 2.28. The largest absolute Gasteiger partial charge is 0.291 e. The topological polar surface area (TPSA) is 75.8 Å². The fourth-order valence-electron chi connectivity index (χ4n) is 1.88. The van der Waals surface area contributed by atoms with Crippen LogP contribution in [0, 0.1) is 10.1 Å². The highest BCUT2D eigenvalue weighted by atomic mass is 35.5. The standard InChI is InChI=1S/C13H13Cl2N3O3S/c1-2-3-4-17-11(19)7-22-13(17)16-12-9(14)5-8(18(20)21)6-10(12)15/h5-6H,2-4,7H2,1H3. The van der Waals surface area contributed by atoms with Gasteiger partial charge in [-0.25, -0.2) is 4.99 Å². The number of halogens is 2. The Bertz CT molecular complexity index is 628. The zero-order chi connectivity index (χ0) is 16.3. The minimum atomic E-state index is -0.573. The van der Waals surface area contributed by atoms with E-state index in [0.29, 0.717) is 17.5 Å². The molecule has 0 aromatic heterocycles. The average Bonchev–Trinajstić information content (AvgIpc) is 2.80. The van der Waals surface area contributed by atoms with Crippen molar-refractivity contribution < 1.29 is 9.72 Å². The lowest BCUT2D eigenvalue weighted by Gasteiger charge is -2.15. The van der Waals surface area contributed by atoms with E-state index in [1.54, 1.807) is 4.90 Å². The number of benzene rings is 1. The lowest BCUT2D eigenvalue weighted by molar-refractivity contribution is -0.384. The van der Waals surface area contributed by atoms with E-state index in [2.05, 4.69) is 4.99 Å². The van der Waals surface area contributed by atoms with E-state index in [1.165, 1.54) is 23.9 Å². The number of carbonyl (C=O) groups is 1. The summed E-state index contributed by atoms with van der Waals surface area (Å²) in [6.45, 7) is 2.62. The molecule has 0 saturated carbocycles. The first-order chi connectivity index (χ1) is 10.4. The third-order valence-electron chi connectivity index (χ3n) is 3.01. The highest BCUT2D eigenvalue weighted by Crippen LogP contribution is 2.38. The quantitative estimate of drug-likeness (QED) is 0.579. The first-order valence-corrected chi connectivity index (χ1v) is 8.33. The molecular weight excluding hydrogens is 349 g/mol. The van der Waals surface area contributed by atoms with Gasteiger partial charge in [-0.15, -0.1) is 0 Å². The molecule has 1 amide bonds. The summed E-state index contributed by atoms with van der Waals surface area (Å²) >= 11 is 13.4. The molecule has 1 aliphatic heterocycles. The molecule has 1 fully saturated rings. The Morgan fingerprint density at radius 3 is 2.59 bits per heavy atom. The normalized spacial score (nSPS) is 16.6. The van der Waals surface area contributed by atoms with E-state index in [0.717, 1.165) is 12.8 Å². The molecule has 2 rings (SSSR count). The number of amidine groups is 1. The number of rotatable bonds is 5. The Morgan fingerprint density at radius 1 is 1.41 bits per heavy atom. The minimum Gasteiger partial charge on any atom is -0.291 e. The van der Waals surface area contributed by atoms with Crippen molar-refractivity contribution in [2.45, 2.75) is 19.8 Å². The molecule has 9 heteroatoms. The summed E-state index contributed by atoms with van der Waals surface area (Å²) in [6, 6.07) is 2.40. The van der Waals surface area contributed by atoms with Gasteiger partial charge in [0.25, 0.3) is 5.69 Å². The van der Waals surface area contributed by atoms with Gasteiger partial charge in [-0.3, -0.25) is 19.8 Å². The molecule has 0 spiro atoms. The number of non-ortho nitro benzene ring substituents is 1. The summed E-state index contributed by atoms with van der Waals surface area (Å²) in [5.74, 6) is 0.316. The zero-order valence-corrected chi connectivity index (χ0v) is 14.0. The maximum absolute atomic E-state index is 11.9. The summed E-state index contributed by atoms with van der Waals surface area (Å²) in [4.78, 5) is 28.0. The summed E-state index contributed by atoms with van der Waals surface area (Å²) in [6.07, 6.45) is 1.83. The van der Waals surface area contributed by atoms with Crippen molar-refractivity contribution in [3.63, 3.8) is 0 Å². The molecule has 1 aromatic carbocycles. The van der Waals surface area contributed by atoms with Gasteiger partial charge in [0.15, 0.2) is 5.17 Å². The van der Waals surface area contributed by atoms with Gasteiger partial charge < -0.3 is 0 Å². The molecule has 1 aromatic rings. The number of unbranched alkanes of at least 4 members (excludes halogenated alkanes) is 1. The van der Waals surface area contributed by atoms with Gasteiger partial charge in [0.05, 0.1) is 20.7 Å². The number of thioether (sulfide) groups is 1. The molecule has 0 bridgehead atoms. The van der Waals surface area contributed by atoms with Crippen LogP contribution in [0.3, 0.4) is 0 Å². The predicted octanol–water partition coefficient (Wildman–Crippen LogP) is 4.26. The number of hydrogen-bond acceptors (Lipinski definition) is 5. The molecule has 118 valence electrons. The molecular formula is C13H13Cl2N3O3S. The monoisotopic (exact) mass is 361 g/mol. The molecule has 0 N–H and O–H groups in total. The minimum absolute atomic E-state index is 0.00800. The molecule has 0 atom stereocenters. The van der Waals surface area contributed by atoms with Crippen LogP contribution in [0.25, 0.3) is 0 Å². The van der Waals surface area contributed by atoms with Crippen LogP contribution in [0.4, 0.5) is 11.4 Å². The predicted molar refractivity (Wildman–Crippen MR) is 89.3 cm³/mol. The SMILES string of the molecule is CCCCN1C(=O)CSC1=Nc1c(Cl)cc([N+](=O)[O-])cc1Cl. The van der Waals surface area contributed by atoms with E-state index >= 15 is 0 Å². The van der Waals surface area contributed by atoms with Gasteiger partial charge in [0, 0.05) is 18.7 Å². The van der Waals surface area contributed by atoms with Crippen LogP contribution >= 0.6 is 35.0 Å². The number of nitro groups is 1. The Hall–Kier alpha value is -1.31. The van der Waals surface area contributed by atoms with Crippen molar-refractivity contribution in [1.29, 1.82) is 0 Å². The Kier molecular flexibility index (Phi) is 5.66. The summed E-state index contributed by atoms with van der Waals surface area (Å²) in [5, 5.41) is 11.5. The Labute approximate surface area is 141 Å². The second-order valence-electron chi connectivity index (χ2n) is 4.60. The molecule has 1 heterocycles. The van der Waals surface area contributed by atoms with Crippen LogP contribution < -0.4 is 0 Å². The smallest absolute Gasteiger partial charge is 0.272 e. The van der Waals surface area contributed by atoms with E-state index in [-0.39, 0.29) is 27.3 Å². The van der Waals surface area contributed by atoms with Gasteiger partial charge in [-0.05, 0) is 6.42 Å². The Balaban J connectivity index is 2.35. The van der Waals surface area contributed by atoms with Crippen molar-refractivity contribution in [2.24, 2.45) is 4.99 Å². The number of nitro benzene ring substituents is 1. The molecule has 22 heavy (non-hydrogen) atoms. The van der Waals surface area contributed by atoms with Crippen LogP contribution in [0.15, 0.2) is 17.1 Å². The van der Waals surface area contributed by atoms with Crippen LogP contribution in [0.2, 0.25) is 10.0 Å². The highest BCUT2D eigenvalue weighted by molar-refractivity contribution is 8.15. The van der Waals surface area contributed by atoms with Crippen molar-refractivity contribution in [3.8, 4) is 0 Å². The number of carbonyl (C=O) groups excluding carboxylic acids is 1. The maximum atomic E-state index is 11.9. The molecule has 6 nitrogen and oxygen atoms in total. The average molecular weight is 362 g/mol. The van der Waals surface area contributed by atoms with E-state index < -0.39 is 4.92 Å². The third-order valence-corrected chi connectivity index (χ3v) is 4.55. The van der Waals surface area contributed by atoms with Crippen LogP contribution in [0.1, 0.15) is 19.8 Å². The van der Waals surface area contributed by atoms with E-state index in [9.17, 15) is 14.9 Å². The molecule has 0 unspecified atom stereocenters. The Morgan fingerprint density at radius 2 is 2.05 bits per heavy atom. The summed E-state index contributed by atoms with van der Waals surface area (Å²) in [7, 11) is 0. The van der Waals surface area contributed by atoms with E-state index in [1.807, 2.05) is 6.92 Å². The number of nitrogens with zero attached hydrogens (tertiary/aromatic N) is 3. The van der Waals surface area contributed by atoms with Gasteiger partial charge in [-0.1, -0.05) is 48.3 Å². The van der Waals surface area contributed by atoms with Crippen molar-refractivity contribution >= 4 is 57.4 Å². The van der Waals surface area contributed by atoms with E-state index in [4.69, 9.17) is 23.2 Å². The van der Waals surface area contributed by atoms with Crippen molar-refractivity contribution in [1.82, 2.24) is 4.90 Å². The molecule has 0 radical (unpaired) electrons. The lowest BCUT2D eigenvalue weighted by Crippen LogP contribution is -2.30. The second-order valence-corrected chi connectivity index (χ2v) is 6.35. The molecule has 0 aliphatic carbocycles. The number of hydrogen-bond donors (Lipinski definition) is 0. The zero-order valence-electron chi connectivity index (χ0n) is 11.7. The second kappa shape index (κ2) is 7.30. The van der Waals surface area contributed by atoms with Crippen molar-refractivity contribution in [3.05, 3.63) is 32.3 Å². The maximum Gasteiger partial charge on any atom is 0.272 e. The lowest BCUT2D eigenvalue weighted by atomic mass is 10.3. The molecule has 1 saturated heterocycles. The summed E-state index contributed by atoms with van der Waals surface area (Å²) < 4.78 is 0. The number of aliphatic imine (C=N–C) groups is 1. The fourth-order valence-corrected chi connectivity index (χ4v) is 3.35. The first-order valence-electron chi connectivity index (χ1n) is 6.59. The van der Waals surface area contributed by atoms with Gasteiger partial charge in [0.1, 0.15) is 5.69 Å². The van der Waals surface area contributed by atoms with Gasteiger partial charge >= 0.3 is 0 Å². The van der Waals surface area contributed by atoms with Crippen LogP contribution in [-0.4, -0.2) is 33.2 Å². The van der Waals surface area contributed by atoms with Crippen molar-refractivity contribution in [2.75, 3.05) is 12.3 Å². The van der Waals surface area contributed by atoms with Gasteiger partial charge in [0.2, 0.25) is 5.91 Å². The summed E-state index contributed by atoms with van der Waals surface area (Å²) in [5.41, 5.74) is 0.0459. The third kappa shape index (κ3) is 3.71.